The van der Waals surface area contributed by atoms with Gasteiger partial charge in [0.2, 0.25) is 0 Å². The van der Waals surface area contributed by atoms with Gasteiger partial charge in [0.05, 0.1) is 11.3 Å². The van der Waals surface area contributed by atoms with E-state index in [4.69, 9.17) is 11.6 Å². The highest BCUT2D eigenvalue weighted by Gasteiger charge is 2.42. The van der Waals surface area contributed by atoms with Gasteiger partial charge in [-0.25, -0.2) is 4.79 Å². The Morgan fingerprint density at radius 1 is 1.08 bits per heavy atom. The third-order valence-electron chi connectivity index (χ3n) is 4.68. The molecular weight excluding hydrogens is 338 g/mol. The molecule has 0 bridgehead atoms. The van der Waals surface area contributed by atoms with Crippen molar-refractivity contribution in [3.8, 4) is 0 Å². The number of aliphatic carboxylic acids is 1. The van der Waals surface area contributed by atoms with Crippen molar-refractivity contribution in [3.63, 3.8) is 0 Å². The number of halogens is 1. The highest BCUT2D eigenvalue weighted by Crippen LogP contribution is 2.46. The Morgan fingerprint density at radius 2 is 1.72 bits per heavy atom. The molecule has 0 saturated carbocycles. The molecule has 1 aliphatic carbocycles. The van der Waals surface area contributed by atoms with Crippen LogP contribution in [0.2, 0.25) is 5.02 Å². The zero-order chi connectivity index (χ0) is 17.7. The molecule has 0 spiro atoms. The Hall–Kier alpha value is -2.85. The Morgan fingerprint density at radius 3 is 2.36 bits per heavy atom. The first-order valence-corrected chi connectivity index (χ1v) is 8.21. The summed E-state index contributed by atoms with van der Waals surface area (Å²) in [5.41, 5.74) is 4.03. The van der Waals surface area contributed by atoms with Crippen molar-refractivity contribution in [3.05, 3.63) is 87.1 Å². The normalized spacial score (nSPS) is 18.8. The fourth-order valence-electron chi connectivity index (χ4n) is 3.60. The van der Waals surface area contributed by atoms with Gasteiger partial charge in [0.15, 0.2) is 5.78 Å². The number of carbonyl (C=O) groups excluding carboxylic acids is 1. The monoisotopic (exact) mass is 351 g/mol. The molecule has 2 aromatic rings. The molecule has 1 aliphatic heterocycles. The summed E-state index contributed by atoms with van der Waals surface area (Å²) in [5.74, 6) is -1.81. The van der Waals surface area contributed by atoms with Crippen LogP contribution in [0.15, 0.2) is 65.4 Å². The molecule has 2 N–H and O–H groups in total. The van der Waals surface area contributed by atoms with Gasteiger partial charge in [0.1, 0.15) is 0 Å². The van der Waals surface area contributed by atoms with Crippen molar-refractivity contribution < 1.29 is 14.7 Å². The highest BCUT2D eigenvalue weighted by atomic mass is 35.5. The number of nitrogens with one attached hydrogen (secondary N) is 1. The number of carboxylic acids is 1. The molecule has 1 unspecified atom stereocenters. The van der Waals surface area contributed by atoms with Crippen LogP contribution >= 0.6 is 11.6 Å². The third-order valence-corrected chi connectivity index (χ3v) is 4.93. The molecule has 25 heavy (non-hydrogen) atoms. The van der Waals surface area contributed by atoms with E-state index in [-0.39, 0.29) is 11.4 Å². The van der Waals surface area contributed by atoms with Crippen molar-refractivity contribution in [2.75, 3.05) is 0 Å². The lowest BCUT2D eigenvalue weighted by Gasteiger charge is -2.28. The number of rotatable bonds is 2. The lowest BCUT2D eigenvalue weighted by atomic mass is 9.80. The molecule has 0 amide bonds. The summed E-state index contributed by atoms with van der Waals surface area (Å²) in [5, 5.41) is 13.5. The molecule has 0 fully saturated rings. The largest absolute Gasteiger partial charge is 0.478 e. The molecular formula is C20H14ClNO3. The molecule has 1 heterocycles. The van der Waals surface area contributed by atoms with Gasteiger partial charge in [0, 0.05) is 33.3 Å². The lowest BCUT2D eigenvalue weighted by molar-refractivity contribution is -0.133. The Kier molecular flexibility index (Phi) is 3.51. The number of dihydropyridines is 1. The van der Waals surface area contributed by atoms with E-state index in [2.05, 4.69) is 5.32 Å². The Bertz CT molecular complexity index is 986. The third kappa shape index (κ3) is 2.29. The number of fused-ring (bicyclic) bond motifs is 2. The number of hydrogen-bond donors (Lipinski definition) is 2. The minimum Gasteiger partial charge on any atom is -0.478 e. The van der Waals surface area contributed by atoms with Gasteiger partial charge in [-0.05, 0) is 24.6 Å². The maximum absolute atomic E-state index is 13.0. The summed E-state index contributed by atoms with van der Waals surface area (Å²) >= 11 is 5.97. The van der Waals surface area contributed by atoms with Crippen LogP contribution in [0.25, 0.3) is 5.70 Å². The van der Waals surface area contributed by atoms with E-state index < -0.39 is 11.9 Å². The van der Waals surface area contributed by atoms with Crippen LogP contribution in [0.3, 0.4) is 0 Å². The first kappa shape index (κ1) is 15.7. The van der Waals surface area contributed by atoms with E-state index in [0.29, 0.717) is 27.6 Å². The van der Waals surface area contributed by atoms with Gasteiger partial charge < -0.3 is 10.4 Å². The summed E-state index contributed by atoms with van der Waals surface area (Å²) in [6.07, 6.45) is 0. The predicted molar refractivity (Wildman–Crippen MR) is 95.4 cm³/mol. The second kappa shape index (κ2) is 5.60. The molecule has 4 rings (SSSR count). The van der Waals surface area contributed by atoms with Crippen LogP contribution in [-0.4, -0.2) is 16.9 Å². The fourth-order valence-corrected chi connectivity index (χ4v) is 3.73. The first-order valence-electron chi connectivity index (χ1n) is 7.84. The Labute approximate surface area is 149 Å². The fraction of sp³-hybridized carbons (Fsp3) is 0.100. The molecule has 1 atom stereocenters. The van der Waals surface area contributed by atoms with Crippen LogP contribution in [0, 0.1) is 0 Å². The molecule has 0 radical (unpaired) electrons. The number of allylic oxidation sites excluding steroid dienone is 2. The zero-order valence-corrected chi connectivity index (χ0v) is 14.1. The maximum Gasteiger partial charge on any atom is 0.334 e. The summed E-state index contributed by atoms with van der Waals surface area (Å²) < 4.78 is 0. The second-order valence-electron chi connectivity index (χ2n) is 6.12. The molecule has 4 nitrogen and oxygen atoms in total. The van der Waals surface area contributed by atoms with Gasteiger partial charge >= 0.3 is 5.97 Å². The highest BCUT2D eigenvalue weighted by molar-refractivity contribution is 6.30. The van der Waals surface area contributed by atoms with Crippen LogP contribution < -0.4 is 5.32 Å². The number of carbonyl (C=O) groups is 2. The lowest BCUT2D eigenvalue weighted by Crippen LogP contribution is -2.28. The van der Waals surface area contributed by atoms with Gasteiger partial charge in [-0.3, -0.25) is 4.79 Å². The van der Waals surface area contributed by atoms with Crippen molar-refractivity contribution in [1.29, 1.82) is 0 Å². The minimum absolute atomic E-state index is 0.135. The summed E-state index contributed by atoms with van der Waals surface area (Å²) in [7, 11) is 0. The molecule has 2 aliphatic rings. The maximum atomic E-state index is 13.0. The SMILES string of the molecule is CC1=C(C(=O)O)C(c2ccc(Cl)cc2)C2=C(N1)c1ccccc1C2=O. The molecule has 0 aromatic heterocycles. The molecule has 124 valence electrons. The van der Waals surface area contributed by atoms with Crippen LogP contribution in [0.1, 0.15) is 34.3 Å². The van der Waals surface area contributed by atoms with E-state index in [9.17, 15) is 14.7 Å². The quantitative estimate of drug-likeness (QED) is 0.858. The van der Waals surface area contributed by atoms with Crippen molar-refractivity contribution in [2.24, 2.45) is 0 Å². The van der Waals surface area contributed by atoms with Crippen molar-refractivity contribution in [1.82, 2.24) is 5.32 Å². The summed E-state index contributed by atoms with van der Waals surface area (Å²) in [6, 6.07) is 14.3. The standard InChI is InChI=1S/C20H14ClNO3/c1-10-15(20(24)25)16(11-6-8-12(21)9-7-11)17-18(22-10)13-4-2-3-5-14(13)19(17)23/h2-9,16,22H,1H3,(H,24,25). The predicted octanol–water partition coefficient (Wildman–Crippen LogP) is 3.99. The van der Waals surface area contributed by atoms with Gasteiger partial charge in [-0.1, -0.05) is 48.0 Å². The average molecular weight is 352 g/mol. The number of Topliss-reactive ketones (excluding diaryl/α,β-unsaturated/α-hetero) is 1. The van der Waals surface area contributed by atoms with Crippen molar-refractivity contribution in [2.45, 2.75) is 12.8 Å². The Balaban J connectivity index is 1.96. The van der Waals surface area contributed by atoms with E-state index in [1.54, 1.807) is 37.3 Å². The zero-order valence-electron chi connectivity index (χ0n) is 13.3. The number of hydrogen-bond acceptors (Lipinski definition) is 3. The van der Waals surface area contributed by atoms with Gasteiger partial charge in [0.25, 0.3) is 0 Å². The first-order chi connectivity index (χ1) is 12.0. The molecule has 5 heteroatoms. The topological polar surface area (TPSA) is 66.4 Å². The van der Waals surface area contributed by atoms with Crippen molar-refractivity contribution >= 4 is 29.1 Å². The van der Waals surface area contributed by atoms with E-state index in [0.717, 1.165) is 11.1 Å². The minimum atomic E-state index is -1.04. The second-order valence-corrected chi connectivity index (χ2v) is 6.55. The van der Waals surface area contributed by atoms with E-state index in [1.807, 2.05) is 18.2 Å². The summed E-state index contributed by atoms with van der Waals surface area (Å²) in [4.78, 5) is 24.9. The van der Waals surface area contributed by atoms with Crippen LogP contribution in [0.5, 0.6) is 0 Å². The number of ketones is 1. The number of carboxylic acid groups (broad SMARTS) is 1. The van der Waals surface area contributed by atoms with Crippen LogP contribution in [0.4, 0.5) is 0 Å². The van der Waals surface area contributed by atoms with Gasteiger partial charge in [-0.2, -0.15) is 0 Å². The van der Waals surface area contributed by atoms with E-state index in [1.165, 1.54) is 0 Å². The smallest absolute Gasteiger partial charge is 0.334 e. The molecule has 0 saturated heterocycles. The molecule has 2 aromatic carbocycles. The van der Waals surface area contributed by atoms with E-state index >= 15 is 0 Å². The van der Waals surface area contributed by atoms with Crippen LogP contribution in [-0.2, 0) is 4.79 Å². The van der Waals surface area contributed by atoms with Gasteiger partial charge in [-0.15, -0.1) is 0 Å². The average Bonchev–Trinajstić information content (AvgIpc) is 2.87. The summed E-state index contributed by atoms with van der Waals surface area (Å²) in [6.45, 7) is 1.72. The number of benzene rings is 2.